The average molecular weight is 606 g/mol. The van der Waals surface area contributed by atoms with Crippen molar-refractivity contribution in [1.82, 2.24) is 30.3 Å². The third-order valence-electron chi connectivity index (χ3n) is 8.97. The molecule has 0 bridgehead atoms. The lowest BCUT2D eigenvalue weighted by Crippen LogP contribution is -2.62. The Balaban J connectivity index is 0.00000484. The number of ether oxygens (including phenoxy) is 1. The number of anilines is 1. The van der Waals surface area contributed by atoms with Crippen molar-refractivity contribution in [1.29, 1.82) is 0 Å². The maximum Gasteiger partial charge on any atom is 0.282 e. The average Bonchev–Trinajstić information content (AvgIpc) is 3.35. The van der Waals surface area contributed by atoms with Gasteiger partial charge in [-0.15, -0.1) is 22.6 Å². The SMILES string of the molecule is CCN(C(=O)c1cc(F)ccc1Oc1nncnc1N1CCC2(C1)CN([C@@H](CCC(C)(C)NC)C(C)C)C2)C(C)C.Cl. The Morgan fingerprint density at radius 2 is 1.93 bits per heavy atom. The molecule has 1 atom stereocenters. The van der Waals surface area contributed by atoms with Crippen LogP contribution >= 0.6 is 12.4 Å². The van der Waals surface area contributed by atoms with Gasteiger partial charge in [0.1, 0.15) is 17.9 Å². The molecular formula is C31H49ClFN7O2. The van der Waals surface area contributed by atoms with Crippen molar-refractivity contribution < 1.29 is 13.9 Å². The van der Waals surface area contributed by atoms with E-state index in [9.17, 15) is 9.18 Å². The normalized spacial score (nSPS) is 17.4. The minimum Gasteiger partial charge on any atom is -0.434 e. The fraction of sp³-hybridized carbons (Fsp3) is 0.677. The van der Waals surface area contributed by atoms with Crippen LogP contribution in [0.2, 0.25) is 0 Å². The third kappa shape index (κ3) is 7.50. The second-order valence-corrected chi connectivity index (χ2v) is 13.1. The van der Waals surface area contributed by atoms with Gasteiger partial charge in [0.25, 0.3) is 11.8 Å². The fourth-order valence-electron chi connectivity index (χ4n) is 6.30. The standard InChI is InChI=1S/C31H48FN7O2.ClH/c1-9-39(22(4)5)29(40)24-16-23(32)10-11-26(24)41-28-27(34-20-35-36-28)37-15-14-31(17-37)18-38(19-31)25(21(2)3)12-13-30(6,7)33-8;/h10-11,16,20-22,25,33H,9,12-15,17-19H2,1-8H3;1H/t25-;/m0./s1. The van der Waals surface area contributed by atoms with Crippen LogP contribution in [0.3, 0.4) is 0 Å². The van der Waals surface area contributed by atoms with Gasteiger partial charge in [-0.2, -0.15) is 0 Å². The van der Waals surface area contributed by atoms with E-state index < -0.39 is 5.82 Å². The number of rotatable bonds is 12. The zero-order valence-electron chi connectivity index (χ0n) is 26.5. The minimum atomic E-state index is -0.497. The van der Waals surface area contributed by atoms with Crippen molar-refractivity contribution in [3.8, 4) is 11.6 Å². The maximum atomic E-state index is 14.3. The van der Waals surface area contributed by atoms with Gasteiger partial charge in [0.2, 0.25) is 0 Å². The molecule has 1 N–H and O–H groups in total. The molecule has 2 aliphatic heterocycles. The van der Waals surface area contributed by atoms with E-state index in [2.05, 4.69) is 58.0 Å². The number of hydrogen-bond acceptors (Lipinski definition) is 8. The summed E-state index contributed by atoms with van der Waals surface area (Å²) in [5.74, 6) is 0.877. The first-order valence-corrected chi connectivity index (χ1v) is 15.0. The second-order valence-electron chi connectivity index (χ2n) is 13.1. The van der Waals surface area contributed by atoms with Crippen LogP contribution in [0.5, 0.6) is 11.6 Å². The summed E-state index contributed by atoms with van der Waals surface area (Å²) >= 11 is 0. The number of carbonyl (C=O) groups excluding carboxylic acids is 1. The van der Waals surface area contributed by atoms with Crippen molar-refractivity contribution in [2.24, 2.45) is 11.3 Å². The summed E-state index contributed by atoms with van der Waals surface area (Å²) in [5, 5.41) is 11.6. The number of amides is 1. The molecule has 4 rings (SSSR count). The highest BCUT2D eigenvalue weighted by Crippen LogP contribution is 2.44. The van der Waals surface area contributed by atoms with Crippen LogP contribution in [0.25, 0.3) is 0 Å². The van der Waals surface area contributed by atoms with Gasteiger partial charge in [0.05, 0.1) is 5.56 Å². The van der Waals surface area contributed by atoms with Crippen LogP contribution < -0.4 is 15.0 Å². The van der Waals surface area contributed by atoms with Crippen LogP contribution in [0, 0.1) is 17.2 Å². The summed E-state index contributed by atoms with van der Waals surface area (Å²) in [6, 6.07) is 4.52. The van der Waals surface area contributed by atoms with E-state index in [0.29, 0.717) is 24.3 Å². The summed E-state index contributed by atoms with van der Waals surface area (Å²) in [4.78, 5) is 24.4. The van der Waals surface area contributed by atoms with Crippen molar-refractivity contribution >= 4 is 24.1 Å². The van der Waals surface area contributed by atoms with Crippen molar-refractivity contribution in [3.05, 3.63) is 35.9 Å². The summed E-state index contributed by atoms with van der Waals surface area (Å²) in [5.41, 5.74) is 0.504. The summed E-state index contributed by atoms with van der Waals surface area (Å²) in [7, 11) is 2.04. The molecule has 42 heavy (non-hydrogen) atoms. The smallest absolute Gasteiger partial charge is 0.282 e. The number of aromatic nitrogens is 3. The van der Waals surface area contributed by atoms with Gasteiger partial charge in [-0.25, -0.2) is 9.37 Å². The van der Waals surface area contributed by atoms with Crippen molar-refractivity contribution in [3.63, 3.8) is 0 Å². The van der Waals surface area contributed by atoms with Crippen LogP contribution in [-0.2, 0) is 0 Å². The van der Waals surface area contributed by atoms with Gasteiger partial charge in [-0.1, -0.05) is 13.8 Å². The lowest BCUT2D eigenvalue weighted by atomic mass is 9.76. The molecule has 11 heteroatoms. The van der Waals surface area contributed by atoms with E-state index in [4.69, 9.17) is 4.74 Å². The van der Waals surface area contributed by atoms with Crippen molar-refractivity contribution in [2.45, 2.75) is 85.4 Å². The summed E-state index contributed by atoms with van der Waals surface area (Å²) in [6.07, 6.45) is 4.80. The zero-order chi connectivity index (χ0) is 29.9. The molecule has 1 aromatic heterocycles. The molecule has 2 aliphatic rings. The number of likely N-dealkylation sites (tertiary alicyclic amines) is 1. The van der Waals surface area contributed by atoms with Gasteiger partial charge in [0.15, 0.2) is 5.82 Å². The van der Waals surface area contributed by atoms with Crippen molar-refractivity contribution in [2.75, 3.05) is 44.7 Å². The highest BCUT2D eigenvalue weighted by atomic mass is 35.5. The molecular weight excluding hydrogens is 557 g/mol. The van der Waals surface area contributed by atoms with Gasteiger partial charge < -0.3 is 19.9 Å². The van der Waals surface area contributed by atoms with Gasteiger partial charge in [-0.3, -0.25) is 9.69 Å². The number of nitrogens with one attached hydrogen (secondary N) is 1. The first kappa shape index (κ1) is 33.9. The number of hydrogen-bond donors (Lipinski definition) is 1. The Morgan fingerprint density at radius 1 is 1.21 bits per heavy atom. The molecule has 0 radical (unpaired) electrons. The lowest BCUT2D eigenvalue weighted by Gasteiger charge is -2.53. The predicted octanol–water partition coefficient (Wildman–Crippen LogP) is 5.41. The molecule has 0 saturated carbocycles. The quantitative estimate of drug-likeness (QED) is 0.344. The molecule has 2 aromatic rings. The number of carbonyl (C=O) groups is 1. The fourth-order valence-corrected chi connectivity index (χ4v) is 6.30. The second kappa shape index (κ2) is 13.8. The Hall–Kier alpha value is -2.56. The van der Waals surface area contributed by atoms with E-state index in [-0.39, 0.29) is 52.5 Å². The minimum absolute atomic E-state index is 0. The maximum absolute atomic E-state index is 14.3. The highest BCUT2D eigenvalue weighted by Gasteiger charge is 2.50. The first-order valence-electron chi connectivity index (χ1n) is 15.0. The number of benzene rings is 1. The molecule has 3 heterocycles. The first-order chi connectivity index (χ1) is 19.4. The van der Waals surface area contributed by atoms with E-state index in [1.54, 1.807) is 4.90 Å². The predicted molar refractivity (Wildman–Crippen MR) is 167 cm³/mol. The lowest BCUT2D eigenvalue weighted by molar-refractivity contribution is -0.0355. The molecule has 2 saturated heterocycles. The molecule has 2 fully saturated rings. The molecule has 0 aliphatic carbocycles. The van der Waals surface area contributed by atoms with E-state index >= 15 is 0 Å². The van der Waals surface area contributed by atoms with Gasteiger partial charge in [0, 0.05) is 55.8 Å². The van der Waals surface area contributed by atoms with Crippen LogP contribution in [-0.4, -0.2) is 88.3 Å². The topological polar surface area (TPSA) is 86.7 Å². The number of nitrogens with zero attached hydrogens (tertiary/aromatic N) is 6. The summed E-state index contributed by atoms with van der Waals surface area (Å²) < 4.78 is 20.4. The summed E-state index contributed by atoms with van der Waals surface area (Å²) in [6.45, 7) is 19.3. The monoisotopic (exact) mass is 605 g/mol. The third-order valence-corrected chi connectivity index (χ3v) is 8.97. The van der Waals surface area contributed by atoms with Crippen LogP contribution in [0.15, 0.2) is 24.5 Å². The zero-order valence-corrected chi connectivity index (χ0v) is 27.3. The Labute approximate surface area is 257 Å². The van der Waals surface area contributed by atoms with E-state index in [1.807, 2.05) is 27.8 Å². The molecule has 1 spiro atoms. The van der Waals surface area contributed by atoms with E-state index in [1.165, 1.54) is 30.9 Å². The number of halogens is 2. The molecule has 1 amide bonds. The molecule has 0 unspecified atom stereocenters. The largest absolute Gasteiger partial charge is 0.434 e. The Morgan fingerprint density at radius 3 is 2.55 bits per heavy atom. The Bertz CT molecular complexity index is 1210. The molecule has 234 valence electrons. The highest BCUT2D eigenvalue weighted by molar-refractivity contribution is 5.97. The van der Waals surface area contributed by atoms with Crippen LogP contribution in [0.4, 0.5) is 10.2 Å². The van der Waals surface area contributed by atoms with E-state index in [0.717, 1.165) is 39.0 Å². The molecule has 1 aromatic carbocycles. The Kier molecular flexibility index (Phi) is 11.2. The van der Waals surface area contributed by atoms with Crippen LogP contribution in [0.1, 0.15) is 78.1 Å². The molecule has 9 nitrogen and oxygen atoms in total. The van der Waals surface area contributed by atoms with Gasteiger partial charge in [-0.05, 0) is 85.0 Å². The van der Waals surface area contributed by atoms with Gasteiger partial charge >= 0.3 is 0 Å².